The van der Waals surface area contributed by atoms with Gasteiger partial charge >= 0.3 is 6.18 Å². The molecule has 0 amide bonds. The number of halogens is 5. The van der Waals surface area contributed by atoms with Crippen LogP contribution in [0.15, 0.2) is 18.2 Å². The summed E-state index contributed by atoms with van der Waals surface area (Å²) in [6, 6.07) is 4.59. The maximum Gasteiger partial charge on any atom is 0.393 e. The highest BCUT2D eigenvalue weighted by molar-refractivity contribution is 9.08. The highest BCUT2D eigenvalue weighted by Crippen LogP contribution is 2.36. The second-order valence-electron chi connectivity index (χ2n) is 4.71. The number of anilines is 1. The Morgan fingerprint density at radius 1 is 1.32 bits per heavy atom. The van der Waals surface area contributed by atoms with E-state index in [-0.39, 0.29) is 13.0 Å². The summed E-state index contributed by atoms with van der Waals surface area (Å²) in [6.07, 6.45) is -3.66. The van der Waals surface area contributed by atoms with Gasteiger partial charge in [-0.2, -0.15) is 13.2 Å². The number of hydrogen-bond donors (Lipinski definition) is 0. The molecule has 0 N–H and O–H groups in total. The molecule has 1 fully saturated rings. The average Bonchev–Trinajstić information content (AvgIpc) is 2.37. The van der Waals surface area contributed by atoms with Gasteiger partial charge in [0.1, 0.15) is 5.82 Å². The highest BCUT2D eigenvalue weighted by atomic mass is 79.9. The topological polar surface area (TPSA) is 3.24 Å². The van der Waals surface area contributed by atoms with E-state index in [0.717, 1.165) is 0 Å². The number of nitrogens with zero attached hydrogens (tertiary/aromatic N) is 1. The normalized spacial score (nSPS) is 20.7. The number of para-hydroxylation sites is 1. The quantitative estimate of drug-likeness (QED) is 0.566. The van der Waals surface area contributed by atoms with Crippen LogP contribution in [0.3, 0.4) is 0 Å². The Kier molecular flexibility index (Phi) is 4.38. The first-order valence-electron chi connectivity index (χ1n) is 6.08. The van der Waals surface area contributed by atoms with Crippen molar-refractivity contribution in [3.63, 3.8) is 0 Å². The predicted octanol–water partition coefficient (Wildman–Crippen LogP) is 4.50. The summed E-state index contributed by atoms with van der Waals surface area (Å²) in [6.45, 7) is 0.304. The number of piperidine rings is 1. The van der Waals surface area contributed by atoms with E-state index < -0.39 is 17.9 Å². The van der Waals surface area contributed by atoms with E-state index in [4.69, 9.17) is 0 Å². The molecular formula is C13H14BrF4N. The Hall–Kier alpha value is -0.780. The van der Waals surface area contributed by atoms with Crippen molar-refractivity contribution in [1.82, 2.24) is 0 Å². The molecule has 1 nitrogen and oxygen atoms in total. The fourth-order valence-corrected chi connectivity index (χ4v) is 2.92. The van der Waals surface area contributed by atoms with E-state index >= 15 is 0 Å². The third kappa shape index (κ3) is 3.22. The van der Waals surface area contributed by atoms with Crippen LogP contribution in [0.5, 0.6) is 0 Å². The minimum Gasteiger partial charge on any atom is -0.368 e. The van der Waals surface area contributed by atoms with Crippen LogP contribution >= 0.6 is 15.9 Å². The van der Waals surface area contributed by atoms with Gasteiger partial charge in [-0.25, -0.2) is 4.39 Å². The molecule has 1 heterocycles. The van der Waals surface area contributed by atoms with Crippen LogP contribution < -0.4 is 4.90 Å². The lowest BCUT2D eigenvalue weighted by molar-refractivity contribution is -0.176. The zero-order valence-electron chi connectivity index (χ0n) is 10.2. The van der Waals surface area contributed by atoms with Gasteiger partial charge in [-0.3, -0.25) is 0 Å². The van der Waals surface area contributed by atoms with Crippen molar-refractivity contribution in [2.75, 3.05) is 18.0 Å². The molecule has 0 saturated carbocycles. The zero-order valence-corrected chi connectivity index (χ0v) is 11.8. The average molecular weight is 340 g/mol. The predicted molar refractivity (Wildman–Crippen MR) is 70.0 cm³/mol. The molecule has 0 aliphatic carbocycles. The first kappa shape index (κ1) is 14.6. The lowest BCUT2D eigenvalue weighted by atomic mass is 9.96. The van der Waals surface area contributed by atoms with E-state index in [0.29, 0.717) is 29.5 Å². The summed E-state index contributed by atoms with van der Waals surface area (Å²) in [4.78, 5) is 1.52. The van der Waals surface area contributed by atoms with Gasteiger partial charge in [0.15, 0.2) is 0 Å². The smallest absolute Gasteiger partial charge is 0.368 e. The minimum atomic E-state index is -4.21. The van der Waals surface area contributed by atoms with Gasteiger partial charge in [0.05, 0.1) is 11.6 Å². The Morgan fingerprint density at radius 2 is 2.05 bits per heavy atom. The molecule has 1 aromatic carbocycles. The summed E-state index contributed by atoms with van der Waals surface area (Å²) in [7, 11) is 0. The molecule has 0 radical (unpaired) electrons. The van der Waals surface area contributed by atoms with Crippen LogP contribution in [-0.2, 0) is 5.33 Å². The molecule has 1 unspecified atom stereocenters. The lowest BCUT2D eigenvalue weighted by Crippen LogP contribution is -2.42. The molecule has 2 rings (SSSR count). The van der Waals surface area contributed by atoms with Gasteiger partial charge in [0, 0.05) is 18.4 Å². The van der Waals surface area contributed by atoms with Crippen molar-refractivity contribution >= 4 is 21.6 Å². The number of rotatable bonds is 2. The van der Waals surface area contributed by atoms with E-state index in [1.807, 2.05) is 0 Å². The van der Waals surface area contributed by atoms with Gasteiger partial charge in [-0.1, -0.05) is 28.1 Å². The summed E-state index contributed by atoms with van der Waals surface area (Å²) in [5.41, 5.74) is 0.983. The van der Waals surface area contributed by atoms with E-state index in [9.17, 15) is 17.6 Å². The number of alkyl halides is 4. The molecule has 1 aromatic rings. The third-order valence-electron chi connectivity index (χ3n) is 3.41. The molecule has 1 aliphatic rings. The van der Waals surface area contributed by atoms with E-state index in [2.05, 4.69) is 15.9 Å². The van der Waals surface area contributed by atoms with Crippen LogP contribution in [0.2, 0.25) is 0 Å². The largest absolute Gasteiger partial charge is 0.393 e. The minimum absolute atomic E-state index is 0.123. The highest BCUT2D eigenvalue weighted by Gasteiger charge is 2.42. The van der Waals surface area contributed by atoms with E-state index in [1.54, 1.807) is 12.1 Å². The van der Waals surface area contributed by atoms with Gasteiger partial charge in [0.25, 0.3) is 0 Å². The first-order valence-corrected chi connectivity index (χ1v) is 7.20. The van der Waals surface area contributed by atoms with Crippen LogP contribution in [0.4, 0.5) is 23.2 Å². The second-order valence-corrected chi connectivity index (χ2v) is 5.27. The maximum absolute atomic E-state index is 13.9. The van der Waals surface area contributed by atoms with Gasteiger partial charge in [0.2, 0.25) is 0 Å². The SMILES string of the molecule is Fc1cccc(CBr)c1N1CCCC(C(F)(F)F)C1. The number of hydrogen-bond acceptors (Lipinski definition) is 1. The van der Waals surface area contributed by atoms with Crippen LogP contribution in [-0.4, -0.2) is 19.3 Å². The summed E-state index contributed by atoms with van der Waals surface area (Å²) in [5, 5.41) is 0.424. The number of benzene rings is 1. The van der Waals surface area contributed by atoms with Gasteiger partial charge in [-0.15, -0.1) is 0 Å². The fourth-order valence-electron chi connectivity index (χ4n) is 2.47. The Balaban J connectivity index is 2.27. The first-order chi connectivity index (χ1) is 8.93. The standard InChI is InChI=1S/C13H14BrF4N/c14-7-9-3-1-5-11(15)12(9)19-6-2-4-10(8-19)13(16,17)18/h1,3,5,10H,2,4,6-8H2. The summed E-state index contributed by atoms with van der Waals surface area (Å²) in [5.74, 6) is -1.83. The molecule has 6 heteroatoms. The molecule has 1 saturated heterocycles. The Labute approximate surface area is 117 Å². The molecule has 0 spiro atoms. The summed E-state index contributed by atoms with van der Waals surface area (Å²) >= 11 is 3.25. The molecule has 1 atom stereocenters. The lowest BCUT2D eigenvalue weighted by Gasteiger charge is -2.36. The third-order valence-corrected chi connectivity index (χ3v) is 4.02. The second kappa shape index (κ2) is 5.69. The van der Waals surface area contributed by atoms with Crippen molar-refractivity contribution in [3.8, 4) is 0 Å². The molecule has 0 bridgehead atoms. The summed E-state index contributed by atoms with van der Waals surface area (Å²) < 4.78 is 52.3. The Bertz CT molecular complexity index is 447. The van der Waals surface area contributed by atoms with Gasteiger partial charge < -0.3 is 4.90 Å². The molecule has 19 heavy (non-hydrogen) atoms. The van der Waals surface area contributed by atoms with Crippen LogP contribution in [0, 0.1) is 11.7 Å². The maximum atomic E-state index is 13.9. The van der Waals surface area contributed by atoms with Crippen molar-refractivity contribution in [2.24, 2.45) is 5.92 Å². The Morgan fingerprint density at radius 3 is 2.68 bits per heavy atom. The fraction of sp³-hybridized carbons (Fsp3) is 0.538. The van der Waals surface area contributed by atoms with E-state index in [1.165, 1.54) is 11.0 Å². The van der Waals surface area contributed by atoms with Crippen molar-refractivity contribution < 1.29 is 17.6 Å². The van der Waals surface area contributed by atoms with Crippen molar-refractivity contribution in [2.45, 2.75) is 24.3 Å². The monoisotopic (exact) mass is 339 g/mol. The van der Waals surface area contributed by atoms with Crippen LogP contribution in [0.1, 0.15) is 18.4 Å². The molecule has 106 valence electrons. The van der Waals surface area contributed by atoms with Crippen molar-refractivity contribution in [3.05, 3.63) is 29.6 Å². The molecule has 1 aliphatic heterocycles. The zero-order chi connectivity index (χ0) is 14.0. The van der Waals surface area contributed by atoms with Crippen LogP contribution in [0.25, 0.3) is 0 Å². The van der Waals surface area contributed by atoms with Gasteiger partial charge in [-0.05, 0) is 24.5 Å². The molecule has 0 aromatic heterocycles. The molecular weight excluding hydrogens is 326 g/mol. The van der Waals surface area contributed by atoms with Crippen molar-refractivity contribution in [1.29, 1.82) is 0 Å².